The van der Waals surface area contributed by atoms with Crippen LogP contribution in [0.3, 0.4) is 0 Å². The maximum Gasteiger partial charge on any atom is 0.416 e. The maximum absolute atomic E-state index is 12.7. The van der Waals surface area contributed by atoms with Gasteiger partial charge in [0, 0.05) is 10.4 Å². The molecular formula is C22H20F3NO3S. The molecule has 1 heterocycles. The Morgan fingerprint density at radius 3 is 2.40 bits per heavy atom. The molecule has 0 radical (unpaired) electrons. The maximum atomic E-state index is 12.7. The predicted octanol–water partition coefficient (Wildman–Crippen LogP) is 5.69. The van der Waals surface area contributed by atoms with E-state index in [2.05, 4.69) is 4.98 Å². The van der Waals surface area contributed by atoms with E-state index in [4.69, 9.17) is 9.84 Å². The summed E-state index contributed by atoms with van der Waals surface area (Å²) in [5.74, 6) is -0.484. The fourth-order valence-electron chi connectivity index (χ4n) is 3.01. The Morgan fingerprint density at radius 1 is 1.10 bits per heavy atom. The van der Waals surface area contributed by atoms with E-state index in [-0.39, 0.29) is 6.61 Å². The summed E-state index contributed by atoms with van der Waals surface area (Å²) in [5, 5.41) is 9.41. The Morgan fingerprint density at radius 2 is 1.80 bits per heavy atom. The highest BCUT2D eigenvalue weighted by atomic mass is 32.1. The molecule has 0 saturated carbocycles. The fraction of sp³-hybridized carbons (Fsp3) is 0.273. The molecule has 0 aliphatic rings. The third-order valence-corrected chi connectivity index (χ3v) is 5.85. The number of carboxylic acid groups (broad SMARTS) is 1. The van der Waals surface area contributed by atoms with Crippen molar-refractivity contribution < 1.29 is 27.8 Å². The molecule has 1 aromatic heterocycles. The molecule has 0 amide bonds. The van der Waals surface area contributed by atoms with E-state index in [1.54, 1.807) is 6.07 Å². The summed E-state index contributed by atoms with van der Waals surface area (Å²) in [4.78, 5) is 16.2. The number of carboxylic acids is 1. The molecule has 3 aromatic rings. The van der Waals surface area contributed by atoms with Gasteiger partial charge < -0.3 is 9.84 Å². The number of aromatic nitrogens is 1. The van der Waals surface area contributed by atoms with Crippen LogP contribution in [0.5, 0.6) is 5.75 Å². The Bertz CT molecular complexity index is 1040. The molecule has 158 valence electrons. The number of aliphatic carboxylic acids is 1. The third kappa shape index (κ3) is 5.38. The first-order chi connectivity index (χ1) is 14.1. The summed E-state index contributed by atoms with van der Waals surface area (Å²) in [6.07, 6.45) is -2.84. The van der Waals surface area contributed by atoms with Gasteiger partial charge in [-0.15, -0.1) is 11.3 Å². The molecule has 1 N–H and O–H groups in total. The quantitative estimate of drug-likeness (QED) is 0.518. The summed E-state index contributed by atoms with van der Waals surface area (Å²) in [6.45, 7) is 3.38. The van der Waals surface area contributed by atoms with Crippen LogP contribution in [0.15, 0.2) is 42.5 Å². The molecule has 8 heteroatoms. The zero-order valence-corrected chi connectivity index (χ0v) is 17.2. The first-order valence-corrected chi connectivity index (χ1v) is 10.0. The van der Waals surface area contributed by atoms with Gasteiger partial charge in [0.05, 0.1) is 11.3 Å². The number of rotatable bonds is 7. The second-order valence-electron chi connectivity index (χ2n) is 6.88. The van der Waals surface area contributed by atoms with Crippen molar-refractivity contribution >= 4 is 17.3 Å². The fourth-order valence-corrected chi connectivity index (χ4v) is 4.08. The highest BCUT2D eigenvalue weighted by molar-refractivity contribution is 7.15. The lowest BCUT2D eigenvalue weighted by Gasteiger charge is -2.09. The molecule has 30 heavy (non-hydrogen) atoms. The van der Waals surface area contributed by atoms with Gasteiger partial charge in [-0.05, 0) is 56.0 Å². The van der Waals surface area contributed by atoms with Gasteiger partial charge in [0.1, 0.15) is 10.8 Å². The third-order valence-electron chi connectivity index (χ3n) is 4.58. The van der Waals surface area contributed by atoms with Gasteiger partial charge in [0.2, 0.25) is 0 Å². The largest absolute Gasteiger partial charge is 0.482 e. The number of hydrogen-bond donors (Lipinski definition) is 1. The van der Waals surface area contributed by atoms with Crippen LogP contribution < -0.4 is 4.74 Å². The van der Waals surface area contributed by atoms with Crippen molar-refractivity contribution in [2.45, 2.75) is 32.9 Å². The molecule has 0 fully saturated rings. The number of halogens is 3. The first kappa shape index (κ1) is 21.8. The molecule has 0 spiro atoms. The first-order valence-electron chi connectivity index (χ1n) is 9.21. The molecule has 0 atom stereocenters. The van der Waals surface area contributed by atoms with E-state index in [1.807, 2.05) is 26.0 Å². The lowest BCUT2D eigenvalue weighted by Crippen LogP contribution is -2.10. The normalized spacial score (nSPS) is 11.5. The van der Waals surface area contributed by atoms with E-state index in [0.717, 1.165) is 46.7 Å². The van der Waals surface area contributed by atoms with E-state index in [9.17, 15) is 18.0 Å². The van der Waals surface area contributed by atoms with Crippen LogP contribution >= 0.6 is 11.3 Å². The minimum Gasteiger partial charge on any atom is -0.482 e. The van der Waals surface area contributed by atoms with Crippen LogP contribution in [0.4, 0.5) is 13.2 Å². The smallest absolute Gasteiger partial charge is 0.416 e. The van der Waals surface area contributed by atoms with Gasteiger partial charge in [0.25, 0.3) is 0 Å². The van der Waals surface area contributed by atoms with E-state index < -0.39 is 17.7 Å². The molecular weight excluding hydrogens is 415 g/mol. The van der Waals surface area contributed by atoms with Crippen LogP contribution in [-0.4, -0.2) is 22.7 Å². The summed E-state index contributed by atoms with van der Waals surface area (Å²) in [7, 11) is 0. The predicted molar refractivity (Wildman–Crippen MR) is 109 cm³/mol. The summed E-state index contributed by atoms with van der Waals surface area (Å²) < 4.78 is 43.4. The van der Waals surface area contributed by atoms with Crippen molar-refractivity contribution in [1.82, 2.24) is 4.98 Å². The Hall–Kier alpha value is -2.87. The number of ether oxygens (including phenoxy) is 1. The highest BCUT2D eigenvalue weighted by Gasteiger charge is 2.30. The zero-order valence-electron chi connectivity index (χ0n) is 16.4. The Labute approximate surface area is 176 Å². The summed E-state index contributed by atoms with van der Waals surface area (Å²) in [6, 6.07) is 10.7. The molecule has 0 aliphatic carbocycles. The van der Waals surface area contributed by atoms with Crippen LogP contribution in [0.25, 0.3) is 10.6 Å². The summed E-state index contributed by atoms with van der Waals surface area (Å²) >= 11 is 1.48. The molecule has 4 nitrogen and oxygen atoms in total. The van der Waals surface area contributed by atoms with Gasteiger partial charge in [-0.3, -0.25) is 0 Å². The molecule has 0 unspecified atom stereocenters. The van der Waals surface area contributed by atoms with E-state index in [0.29, 0.717) is 16.3 Å². The SMILES string of the molecule is Cc1cc(CCc2sc(-c3ccc(C(F)(F)F)cc3)nc2C)ccc1OCC(=O)O. The monoisotopic (exact) mass is 435 g/mol. The van der Waals surface area contributed by atoms with Gasteiger partial charge in [0.15, 0.2) is 6.61 Å². The average Bonchev–Trinajstić information content (AvgIpc) is 3.05. The van der Waals surface area contributed by atoms with E-state index >= 15 is 0 Å². The van der Waals surface area contributed by atoms with Gasteiger partial charge in [-0.2, -0.15) is 13.2 Å². The average molecular weight is 435 g/mol. The number of hydrogen-bond acceptors (Lipinski definition) is 4. The minimum absolute atomic E-state index is 0.382. The minimum atomic E-state index is -4.35. The highest BCUT2D eigenvalue weighted by Crippen LogP contribution is 2.33. The molecule has 0 bridgehead atoms. The number of alkyl halides is 3. The molecule has 3 rings (SSSR count). The standard InChI is InChI=1S/C22H20F3NO3S/c1-13-11-15(3-9-18(13)29-12-20(27)28)4-10-19-14(2)26-21(30-19)16-5-7-17(8-6-16)22(23,24)25/h3,5-9,11H,4,10,12H2,1-2H3,(H,27,28). The topological polar surface area (TPSA) is 59.4 Å². The number of thiazole rings is 1. The van der Waals surface area contributed by atoms with E-state index in [1.165, 1.54) is 23.5 Å². The molecule has 2 aromatic carbocycles. The second kappa shape index (κ2) is 8.87. The van der Waals surface area contributed by atoms with Crippen LogP contribution in [0.1, 0.15) is 27.3 Å². The van der Waals surface area contributed by atoms with Crippen molar-refractivity contribution in [3.05, 3.63) is 69.7 Å². The van der Waals surface area contributed by atoms with Crippen LogP contribution in [0, 0.1) is 13.8 Å². The summed E-state index contributed by atoms with van der Waals surface area (Å²) in [5.41, 5.74) is 2.80. The lowest BCUT2D eigenvalue weighted by atomic mass is 10.1. The number of benzene rings is 2. The van der Waals surface area contributed by atoms with Crippen molar-refractivity contribution in [2.75, 3.05) is 6.61 Å². The second-order valence-corrected chi connectivity index (χ2v) is 7.97. The van der Waals surface area contributed by atoms with Crippen LogP contribution in [0.2, 0.25) is 0 Å². The number of aryl methyl sites for hydroxylation is 4. The zero-order chi connectivity index (χ0) is 21.9. The van der Waals surface area contributed by atoms with Gasteiger partial charge in [-0.1, -0.05) is 24.3 Å². The van der Waals surface area contributed by atoms with Crippen molar-refractivity contribution in [3.63, 3.8) is 0 Å². The molecule has 0 aliphatic heterocycles. The lowest BCUT2D eigenvalue weighted by molar-refractivity contribution is -0.139. The Balaban J connectivity index is 1.68. The molecule has 0 saturated heterocycles. The van der Waals surface area contributed by atoms with Crippen molar-refractivity contribution in [2.24, 2.45) is 0 Å². The van der Waals surface area contributed by atoms with Gasteiger partial charge in [-0.25, -0.2) is 9.78 Å². The number of carbonyl (C=O) groups is 1. The van der Waals surface area contributed by atoms with Gasteiger partial charge >= 0.3 is 12.1 Å². The Kier molecular flexibility index (Phi) is 6.45. The van der Waals surface area contributed by atoms with Crippen molar-refractivity contribution in [1.29, 1.82) is 0 Å². The van der Waals surface area contributed by atoms with Crippen molar-refractivity contribution in [3.8, 4) is 16.3 Å². The van der Waals surface area contributed by atoms with Crippen LogP contribution in [-0.2, 0) is 23.8 Å². The number of nitrogens with zero attached hydrogens (tertiary/aromatic N) is 1.